The number of rotatable bonds is 10. The lowest BCUT2D eigenvalue weighted by Gasteiger charge is -2.17. The number of hydrogen-bond donors (Lipinski definition) is 1. The van der Waals surface area contributed by atoms with Crippen LogP contribution in [0.25, 0.3) is 11.3 Å². The van der Waals surface area contributed by atoms with Crippen LogP contribution in [0.5, 0.6) is 0 Å². The molecule has 0 radical (unpaired) electrons. The number of aromatic nitrogens is 1. The van der Waals surface area contributed by atoms with Crippen LogP contribution in [0.1, 0.15) is 12.2 Å². The van der Waals surface area contributed by atoms with Crippen molar-refractivity contribution in [1.82, 2.24) is 15.4 Å². The highest BCUT2D eigenvalue weighted by Gasteiger charge is 2.10. The highest BCUT2D eigenvalue weighted by molar-refractivity contribution is 5.77. The van der Waals surface area contributed by atoms with Crippen LogP contribution in [-0.2, 0) is 16.0 Å². The third kappa shape index (κ3) is 5.79. The lowest BCUT2D eigenvalue weighted by molar-refractivity contribution is -0.129. The molecule has 2 aromatic rings. The van der Waals surface area contributed by atoms with Crippen molar-refractivity contribution in [3.8, 4) is 11.3 Å². The Balaban J connectivity index is 1.70. The number of ether oxygens (including phenoxy) is 1. The molecule has 1 N–H and O–H groups in total. The maximum Gasteiger partial charge on any atom is 0.236 e. The van der Waals surface area contributed by atoms with Gasteiger partial charge in [0.15, 0.2) is 0 Å². The number of likely N-dealkylation sites (N-methyl/N-ethyl adjacent to an activating group) is 1. The summed E-state index contributed by atoms with van der Waals surface area (Å²) in [5.41, 5.74) is 1.89. The average Bonchev–Trinajstić information content (AvgIpc) is 3.08. The molecular formula is C18H25N3O3. The smallest absolute Gasteiger partial charge is 0.236 e. The zero-order chi connectivity index (χ0) is 17.2. The number of nitrogens with zero attached hydrogens (tertiary/aromatic N) is 2. The second-order valence-electron chi connectivity index (χ2n) is 5.63. The molecule has 1 heterocycles. The van der Waals surface area contributed by atoms with Crippen molar-refractivity contribution in [1.29, 1.82) is 0 Å². The van der Waals surface area contributed by atoms with Crippen LogP contribution in [0.3, 0.4) is 0 Å². The van der Waals surface area contributed by atoms with Gasteiger partial charge in [-0.05, 0) is 6.42 Å². The summed E-state index contributed by atoms with van der Waals surface area (Å²) in [5, 5.41) is 7.15. The SMILES string of the molecule is COCCNCC(=O)N(C)CCCc1cc(-c2ccccc2)no1. The molecule has 0 atom stereocenters. The summed E-state index contributed by atoms with van der Waals surface area (Å²) in [6, 6.07) is 11.9. The molecule has 0 bridgehead atoms. The summed E-state index contributed by atoms with van der Waals surface area (Å²) in [6.07, 6.45) is 1.60. The number of nitrogens with one attached hydrogen (secondary N) is 1. The number of carbonyl (C=O) groups is 1. The molecule has 1 aromatic carbocycles. The maximum atomic E-state index is 11.9. The van der Waals surface area contributed by atoms with Crippen molar-refractivity contribution < 1.29 is 14.1 Å². The van der Waals surface area contributed by atoms with Crippen molar-refractivity contribution in [3.63, 3.8) is 0 Å². The molecule has 1 aromatic heterocycles. The minimum Gasteiger partial charge on any atom is -0.383 e. The van der Waals surface area contributed by atoms with E-state index < -0.39 is 0 Å². The largest absolute Gasteiger partial charge is 0.383 e. The molecule has 6 nitrogen and oxygen atoms in total. The lowest BCUT2D eigenvalue weighted by Crippen LogP contribution is -2.37. The molecule has 0 saturated carbocycles. The van der Waals surface area contributed by atoms with Crippen LogP contribution >= 0.6 is 0 Å². The van der Waals surface area contributed by atoms with E-state index in [1.54, 1.807) is 12.0 Å². The van der Waals surface area contributed by atoms with Gasteiger partial charge in [-0.2, -0.15) is 0 Å². The Hall–Kier alpha value is -2.18. The first kappa shape index (κ1) is 18.2. The standard InChI is InChI=1S/C18H25N3O3/c1-21(18(22)14-19-10-12-23-2)11-6-9-16-13-17(20-24-16)15-7-4-3-5-8-15/h3-5,7-8,13,19H,6,9-12,14H2,1-2H3. The minimum atomic E-state index is 0.0775. The fourth-order valence-corrected chi connectivity index (χ4v) is 2.30. The molecule has 24 heavy (non-hydrogen) atoms. The van der Waals surface area contributed by atoms with E-state index in [2.05, 4.69) is 10.5 Å². The topological polar surface area (TPSA) is 67.6 Å². The van der Waals surface area contributed by atoms with Gasteiger partial charge >= 0.3 is 0 Å². The first-order chi connectivity index (χ1) is 11.7. The molecule has 0 unspecified atom stereocenters. The second-order valence-corrected chi connectivity index (χ2v) is 5.63. The minimum absolute atomic E-state index is 0.0775. The molecule has 0 fully saturated rings. The second kappa shape index (κ2) is 9.85. The fourth-order valence-electron chi connectivity index (χ4n) is 2.30. The molecule has 0 aliphatic heterocycles. The molecule has 0 aliphatic rings. The van der Waals surface area contributed by atoms with Gasteiger partial charge in [-0.1, -0.05) is 35.5 Å². The van der Waals surface area contributed by atoms with Crippen LogP contribution < -0.4 is 5.32 Å². The van der Waals surface area contributed by atoms with Gasteiger partial charge < -0.3 is 19.5 Å². The van der Waals surface area contributed by atoms with Gasteiger partial charge in [-0.25, -0.2) is 0 Å². The van der Waals surface area contributed by atoms with E-state index in [0.29, 0.717) is 26.2 Å². The van der Waals surface area contributed by atoms with E-state index in [4.69, 9.17) is 9.26 Å². The Kier molecular flexibility index (Phi) is 7.45. The summed E-state index contributed by atoms with van der Waals surface area (Å²) < 4.78 is 10.3. The van der Waals surface area contributed by atoms with E-state index in [0.717, 1.165) is 29.9 Å². The van der Waals surface area contributed by atoms with Crippen LogP contribution in [0, 0.1) is 0 Å². The summed E-state index contributed by atoms with van der Waals surface area (Å²) in [6.45, 7) is 2.30. The highest BCUT2D eigenvalue weighted by Crippen LogP contribution is 2.19. The molecule has 1 amide bonds. The van der Waals surface area contributed by atoms with Gasteiger partial charge in [0.05, 0.1) is 13.2 Å². The number of carbonyl (C=O) groups excluding carboxylic acids is 1. The zero-order valence-corrected chi connectivity index (χ0v) is 14.3. The molecule has 6 heteroatoms. The molecule has 2 rings (SSSR count). The van der Waals surface area contributed by atoms with Gasteiger partial charge in [0.2, 0.25) is 5.91 Å². The average molecular weight is 331 g/mol. The summed E-state index contributed by atoms with van der Waals surface area (Å²) in [7, 11) is 3.46. The van der Waals surface area contributed by atoms with Crippen molar-refractivity contribution in [2.24, 2.45) is 0 Å². The zero-order valence-electron chi connectivity index (χ0n) is 14.3. The van der Waals surface area contributed by atoms with Crippen molar-refractivity contribution in [2.45, 2.75) is 12.8 Å². The first-order valence-electron chi connectivity index (χ1n) is 8.15. The van der Waals surface area contributed by atoms with E-state index in [9.17, 15) is 4.79 Å². The normalized spacial score (nSPS) is 10.8. The van der Waals surface area contributed by atoms with Gasteiger partial charge in [0.25, 0.3) is 0 Å². The Morgan fingerprint density at radius 2 is 2.12 bits per heavy atom. The number of aryl methyl sites for hydroxylation is 1. The number of methoxy groups -OCH3 is 1. The quantitative estimate of drug-likeness (QED) is 0.674. The van der Waals surface area contributed by atoms with Gasteiger partial charge in [-0.15, -0.1) is 0 Å². The van der Waals surface area contributed by atoms with Gasteiger partial charge in [0.1, 0.15) is 11.5 Å². The van der Waals surface area contributed by atoms with Crippen LogP contribution in [0.2, 0.25) is 0 Å². The van der Waals surface area contributed by atoms with Crippen LogP contribution in [-0.4, -0.2) is 56.4 Å². The monoisotopic (exact) mass is 331 g/mol. The summed E-state index contributed by atoms with van der Waals surface area (Å²) in [5.74, 6) is 0.918. The number of amides is 1. The Labute approximate surface area is 142 Å². The molecule has 0 spiro atoms. The van der Waals surface area contributed by atoms with Crippen molar-refractivity contribution in [2.75, 3.05) is 40.4 Å². The van der Waals surface area contributed by atoms with E-state index in [-0.39, 0.29) is 5.91 Å². The van der Waals surface area contributed by atoms with Crippen molar-refractivity contribution in [3.05, 3.63) is 42.2 Å². The molecule has 0 aliphatic carbocycles. The van der Waals surface area contributed by atoms with Crippen molar-refractivity contribution >= 4 is 5.91 Å². The van der Waals surface area contributed by atoms with E-state index in [1.807, 2.05) is 43.4 Å². The van der Waals surface area contributed by atoms with Gasteiger partial charge in [-0.3, -0.25) is 4.79 Å². The Bertz CT molecular complexity index is 613. The predicted octanol–water partition coefficient (Wildman–Crippen LogP) is 1.97. The number of hydrogen-bond acceptors (Lipinski definition) is 5. The van der Waals surface area contributed by atoms with Gasteiger partial charge in [0, 0.05) is 45.3 Å². The van der Waals surface area contributed by atoms with Crippen LogP contribution in [0.15, 0.2) is 40.9 Å². The third-order valence-electron chi connectivity index (χ3n) is 3.73. The molecule has 130 valence electrons. The third-order valence-corrected chi connectivity index (χ3v) is 3.73. The number of benzene rings is 1. The maximum absolute atomic E-state index is 11.9. The summed E-state index contributed by atoms with van der Waals surface area (Å²) in [4.78, 5) is 13.7. The first-order valence-corrected chi connectivity index (χ1v) is 8.15. The molecular weight excluding hydrogens is 306 g/mol. The molecule has 0 saturated heterocycles. The Morgan fingerprint density at radius 3 is 2.88 bits per heavy atom. The van der Waals surface area contributed by atoms with Crippen LogP contribution in [0.4, 0.5) is 0 Å². The van der Waals surface area contributed by atoms with E-state index in [1.165, 1.54) is 0 Å². The summed E-state index contributed by atoms with van der Waals surface area (Å²) >= 11 is 0. The Morgan fingerprint density at radius 1 is 1.33 bits per heavy atom. The predicted molar refractivity (Wildman–Crippen MR) is 92.6 cm³/mol. The fraction of sp³-hybridized carbons (Fsp3) is 0.444. The van der Waals surface area contributed by atoms with E-state index >= 15 is 0 Å². The highest BCUT2D eigenvalue weighted by atomic mass is 16.5. The lowest BCUT2D eigenvalue weighted by atomic mass is 10.1.